The summed E-state index contributed by atoms with van der Waals surface area (Å²) in [5.74, 6) is 0.327. The minimum absolute atomic E-state index is 0.255. The van der Waals surface area contributed by atoms with Gasteiger partial charge >= 0.3 is 0 Å². The summed E-state index contributed by atoms with van der Waals surface area (Å²) < 4.78 is 5.28. The zero-order valence-corrected chi connectivity index (χ0v) is 19.9. The van der Waals surface area contributed by atoms with Crippen molar-refractivity contribution in [1.82, 2.24) is 0 Å². The number of benzene rings is 4. The molecule has 5 heteroatoms. The van der Waals surface area contributed by atoms with Gasteiger partial charge in [-0.2, -0.15) is 0 Å². The molecule has 2 amide bonds. The topological polar surface area (TPSA) is 58.6 Å². The van der Waals surface area contributed by atoms with E-state index < -0.39 is 0 Å². The smallest absolute Gasteiger partial charge is 0.282 e. The Bertz CT molecular complexity index is 1450. The van der Waals surface area contributed by atoms with Crippen LogP contribution < -0.4 is 15.0 Å². The third-order valence-electron chi connectivity index (χ3n) is 6.32. The number of imide groups is 1. The summed E-state index contributed by atoms with van der Waals surface area (Å²) >= 11 is 0. The molecular formula is C30H26N2O3. The average molecular weight is 463 g/mol. The van der Waals surface area contributed by atoms with E-state index in [2.05, 4.69) is 19.2 Å². The van der Waals surface area contributed by atoms with Crippen LogP contribution in [0, 0.1) is 0 Å². The molecule has 0 saturated carbocycles. The molecular weight excluding hydrogens is 436 g/mol. The lowest BCUT2D eigenvalue weighted by Crippen LogP contribution is -2.32. The summed E-state index contributed by atoms with van der Waals surface area (Å²) in [5.41, 5.74) is 3.75. The second-order valence-corrected chi connectivity index (χ2v) is 8.82. The van der Waals surface area contributed by atoms with Crippen molar-refractivity contribution in [2.45, 2.75) is 19.8 Å². The number of hydrogen-bond acceptors (Lipinski definition) is 4. The van der Waals surface area contributed by atoms with Crippen LogP contribution >= 0.6 is 0 Å². The fourth-order valence-electron chi connectivity index (χ4n) is 4.39. The van der Waals surface area contributed by atoms with Gasteiger partial charge in [0.25, 0.3) is 11.8 Å². The van der Waals surface area contributed by atoms with Crippen LogP contribution in [0.15, 0.2) is 96.7 Å². The highest BCUT2D eigenvalue weighted by atomic mass is 16.5. The molecule has 0 saturated heterocycles. The molecule has 4 aromatic carbocycles. The summed E-state index contributed by atoms with van der Waals surface area (Å²) in [7, 11) is 1.59. The van der Waals surface area contributed by atoms with E-state index in [1.807, 2.05) is 66.7 Å². The Hall–Kier alpha value is -4.38. The van der Waals surface area contributed by atoms with Gasteiger partial charge in [0, 0.05) is 11.1 Å². The lowest BCUT2D eigenvalue weighted by Gasteiger charge is -2.18. The first-order chi connectivity index (χ1) is 17.0. The van der Waals surface area contributed by atoms with Gasteiger partial charge in [0.1, 0.15) is 11.4 Å². The van der Waals surface area contributed by atoms with E-state index in [1.54, 1.807) is 31.4 Å². The second-order valence-electron chi connectivity index (χ2n) is 8.82. The third-order valence-corrected chi connectivity index (χ3v) is 6.32. The van der Waals surface area contributed by atoms with Crippen molar-refractivity contribution in [3.05, 3.63) is 108 Å². The quantitative estimate of drug-likeness (QED) is 0.338. The van der Waals surface area contributed by atoms with E-state index in [0.29, 0.717) is 28.5 Å². The van der Waals surface area contributed by atoms with Crippen molar-refractivity contribution >= 4 is 39.5 Å². The summed E-state index contributed by atoms with van der Waals surface area (Å²) in [6.07, 6.45) is 0. The molecule has 1 N–H and O–H groups in total. The molecule has 0 atom stereocenters. The normalized spacial score (nSPS) is 13.8. The molecule has 0 aromatic heterocycles. The molecule has 5 rings (SSSR count). The Morgan fingerprint density at radius 2 is 1.46 bits per heavy atom. The highest BCUT2D eigenvalue weighted by molar-refractivity contribution is 6.47. The number of nitrogens with zero attached hydrogens (tertiary/aromatic N) is 1. The number of ether oxygens (including phenoxy) is 1. The maximum Gasteiger partial charge on any atom is 0.282 e. The molecule has 174 valence electrons. The first-order valence-corrected chi connectivity index (χ1v) is 11.6. The van der Waals surface area contributed by atoms with Gasteiger partial charge in [0.2, 0.25) is 0 Å². The number of anilines is 2. The highest BCUT2D eigenvalue weighted by Gasteiger charge is 2.40. The predicted octanol–water partition coefficient (Wildman–Crippen LogP) is 6.37. The fourth-order valence-corrected chi connectivity index (χ4v) is 4.39. The SMILES string of the molecule is COc1ccc(C2=C(Nc3ccc(C(C)C)cc3)C(=O)N(c3cccc4ccccc34)C2=O)cc1. The zero-order valence-electron chi connectivity index (χ0n) is 19.9. The van der Waals surface area contributed by atoms with Crippen molar-refractivity contribution in [3.8, 4) is 5.75 Å². The molecule has 5 nitrogen and oxygen atoms in total. The van der Waals surface area contributed by atoms with Gasteiger partial charge in [-0.3, -0.25) is 9.59 Å². The van der Waals surface area contributed by atoms with E-state index in [1.165, 1.54) is 10.5 Å². The fraction of sp³-hybridized carbons (Fsp3) is 0.133. The lowest BCUT2D eigenvalue weighted by molar-refractivity contribution is -0.120. The van der Waals surface area contributed by atoms with Crippen molar-refractivity contribution in [2.75, 3.05) is 17.3 Å². The second kappa shape index (κ2) is 9.11. The summed E-state index contributed by atoms with van der Waals surface area (Å²) in [6.45, 7) is 4.27. The van der Waals surface area contributed by atoms with Crippen LogP contribution in [0.25, 0.3) is 16.3 Å². The highest BCUT2D eigenvalue weighted by Crippen LogP contribution is 2.37. The summed E-state index contributed by atoms with van der Waals surface area (Å²) in [4.78, 5) is 28.9. The van der Waals surface area contributed by atoms with Gasteiger partial charge in [-0.25, -0.2) is 4.90 Å². The minimum Gasteiger partial charge on any atom is -0.497 e. The monoisotopic (exact) mass is 462 g/mol. The van der Waals surface area contributed by atoms with Crippen LogP contribution in [0.4, 0.5) is 11.4 Å². The van der Waals surface area contributed by atoms with Crippen LogP contribution in [0.3, 0.4) is 0 Å². The number of methoxy groups -OCH3 is 1. The van der Waals surface area contributed by atoms with Crippen molar-refractivity contribution in [2.24, 2.45) is 0 Å². The molecule has 0 aliphatic carbocycles. The predicted molar refractivity (Wildman–Crippen MR) is 141 cm³/mol. The molecule has 1 aliphatic heterocycles. The zero-order chi connectivity index (χ0) is 24.5. The largest absolute Gasteiger partial charge is 0.497 e. The summed E-state index contributed by atoms with van der Waals surface area (Å²) in [6, 6.07) is 28.5. The number of nitrogens with one attached hydrogen (secondary N) is 1. The Balaban J connectivity index is 1.62. The summed E-state index contributed by atoms with van der Waals surface area (Å²) in [5, 5.41) is 5.05. The molecule has 0 fully saturated rings. The number of hydrogen-bond donors (Lipinski definition) is 1. The maximum absolute atomic E-state index is 13.8. The molecule has 1 heterocycles. The Kier molecular flexibility index (Phi) is 5.83. The Labute approximate surface area is 204 Å². The number of rotatable bonds is 6. The first-order valence-electron chi connectivity index (χ1n) is 11.6. The Morgan fingerprint density at radius 1 is 0.771 bits per heavy atom. The van der Waals surface area contributed by atoms with Crippen molar-refractivity contribution in [1.29, 1.82) is 0 Å². The van der Waals surface area contributed by atoms with Gasteiger partial charge in [-0.15, -0.1) is 0 Å². The molecule has 4 aromatic rings. The number of amides is 2. The molecule has 0 spiro atoms. The van der Waals surface area contributed by atoms with Gasteiger partial charge in [-0.1, -0.05) is 74.5 Å². The third kappa shape index (κ3) is 4.06. The lowest BCUT2D eigenvalue weighted by atomic mass is 10.0. The molecule has 1 aliphatic rings. The van der Waals surface area contributed by atoms with Gasteiger partial charge in [0.05, 0.1) is 18.4 Å². The van der Waals surface area contributed by atoms with Crippen LogP contribution in [0.1, 0.15) is 30.9 Å². The van der Waals surface area contributed by atoms with E-state index in [4.69, 9.17) is 4.74 Å². The average Bonchev–Trinajstić information content (AvgIpc) is 3.12. The molecule has 0 radical (unpaired) electrons. The molecule has 35 heavy (non-hydrogen) atoms. The van der Waals surface area contributed by atoms with E-state index in [-0.39, 0.29) is 17.5 Å². The van der Waals surface area contributed by atoms with Gasteiger partial charge < -0.3 is 10.1 Å². The van der Waals surface area contributed by atoms with E-state index in [0.717, 1.165) is 16.5 Å². The van der Waals surface area contributed by atoms with Gasteiger partial charge in [-0.05, 0) is 52.8 Å². The van der Waals surface area contributed by atoms with Crippen molar-refractivity contribution < 1.29 is 14.3 Å². The van der Waals surface area contributed by atoms with Crippen LogP contribution in [-0.4, -0.2) is 18.9 Å². The molecule has 0 bridgehead atoms. The van der Waals surface area contributed by atoms with Crippen LogP contribution in [-0.2, 0) is 9.59 Å². The number of carbonyl (C=O) groups is 2. The van der Waals surface area contributed by atoms with Crippen molar-refractivity contribution in [3.63, 3.8) is 0 Å². The first kappa shape index (κ1) is 22.4. The van der Waals surface area contributed by atoms with E-state index >= 15 is 0 Å². The minimum atomic E-state index is -0.384. The van der Waals surface area contributed by atoms with Crippen LogP contribution in [0.5, 0.6) is 5.75 Å². The number of fused-ring (bicyclic) bond motifs is 1. The Morgan fingerprint density at radius 3 is 2.14 bits per heavy atom. The maximum atomic E-state index is 13.8. The van der Waals surface area contributed by atoms with Gasteiger partial charge in [0.15, 0.2) is 0 Å². The number of carbonyl (C=O) groups excluding carboxylic acids is 2. The standard InChI is InChI=1S/C30H26N2O3/c1-19(2)20-11-15-23(16-12-20)31-28-27(22-13-17-24(35-3)18-14-22)29(33)32(30(28)34)26-10-6-8-21-7-4-5-9-25(21)26/h4-19,31H,1-3H3. The van der Waals surface area contributed by atoms with Crippen LogP contribution in [0.2, 0.25) is 0 Å². The van der Waals surface area contributed by atoms with E-state index in [9.17, 15) is 9.59 Å². The molecule has 0 unspecified atom stereocenters.